The van der Waals surface area contributed by atoms with Crippen molar-refractivity contribution in [2.45, 2.75) is 32.8 Å². The van der Waals surface area contributed by atoms with Gasteiger partial charge in [-0.05, 0) is 12.3 Å². The van der Waals surface area contributed by atoms with E-state index in [9.17, 15) is 0 Å². The van der Waals surface area contributed by atoms with E-state index < -0.39 is 0 Å². The second-order valence-corrected chi connectivity index (χ2v) is 3.97. The molecule has 0 aromatic carbocycles. The Kier molecular flexibility index (Phi) is 6.15. The van der Waals surface area contributed by atoms with Crippen LogP contribution in [-0.2, 0) is 14.2 Å². The van der Waals surface area contributed by atoms with Crippen molar-refractivity contribution < 1.29 is 14.2 Å². The second-order valence-electron chi connectivity index (χ2n) is 3.97. The molecule has 1 aliphatic rings. The minimum atomic E-state index is 0.385. The van der Waals surface area contributed by atoms with Crippen LogP contribution in [0.15, 0.2) is 0 Å². The summed E-state index contributed by atoms with van der Waals surface area (Å²) in [5.74, 6) is 0.677. The van der Waals surface area contributed by atoms with Crippen LogP contribution < -0.4 is 0 Å². The molecular weight excluding hydrogens is 180 g/mol. The van der Waals surface area contributed by atoms with Crippen molar-refractivity contribution in [1.82, 2.24) is 0 Å². The van der Waals surface area contributed by atoms with Gasteiger partial charge in [0.1, 0.15) is 6.10 Å². The lowest BCUT2D eigenvalue weighted by molar-refractivity contribution is 0.0634. The van der Waals surface area contributed by atoms with Crippen molar-refractivity contribution >= 4 is 0 Å². The summed E-state index contributed by atoms with van der Waals surface area (Å²) in [4.78, 5) is 0. The third-order valence-electron chi connectivity index (χ3n) is 2.38. The third-order valence-corrected chi connectivity index (χ3v) is 2.38. The van der Waals surface area contributed by atoms with Crippen LogP contribution in [0.1, 0.15) is 26.7 Å². The van der Waals surface area contributed by atoms with Crippen LogP contribution in [0.4, 0.5) is 0 Å². The molecule has 0 amide bonds. The summed E-state index contributed by atoms with van der Waals surface area (Å²) in [6, 6.07) is 0. The van der Waals surface area contributed by atoms with E-state index in [2.05, 4.69) is 13.8 Å². The molecule has 1 fully saturated rings. The standard InChI is InChI=1S/C11H22O3/c1-3-10(2)7-12-5-4-6-13-8-11-9-14-11/h10-11H,3-9H2,1-2H3. The first-order valence-corrected chi connectivity index (χ1v) is 5.60. The maximum absolute atomic E-state index is 5.50. The first-order valence-electron chi connectivity index (χ1n) is 5.60. The molecule has 3 nitrogen and oxygen atoms in total. The normalized spacial score (nSPS) is 22.3. The summed E-state index contributed by atoms with van der Waals surface area (Å²) in [5, 5.41) is 0. The number of hydrogen-bond donors (Lipinski definition) is 0. The highest BCUT2D eigenvalue weighted by atomic mass is 16.6. The number of rotatable bonds is 9. The molecule has 0 aromatic heterocycles. The minimum Gasteiger partial charge on any atom is -0.381 e. The van der Waals surface area contributed by atoms with Gasteiger partial charge in [-0.15, -0.1) is 0 Å². The minimum absolute atomic E-state index is 0.385. The monoisotopic (exact) mass is 202 g/mol. The van der Waals surface area contributed by atoms with E-state index in [1.807, 2.05) is 0 Å². The molecule has 0 N–H and O–H groups in total. The van der Waals surface area contributed by atoms with Crippen molar-refractivity contribution in [3.05, 3.63) is 0 Å². The second kappa shape index (κ2) is 7.21. The maximum atomic E-state index is 5.50. The molecule has 14 heavy (non-hydrogen) atoms. The van der Waals surface area contributed by atoms with Gasteiger partial charge in [0.2, 0.25) is 0 Å². The Morgan fingerprint density at radius 2 is 2.07 bits per heavy atom. The molecule has 0 bridgehead atoms. The fraction of sp³-hybridized carbons (Fsp3) is 1.00. The molecule has 2 unspecified atom stereocenters. The predicted molar refractivity (Wildman–Crippen MR) is 55.5 cm³/mol. The van der Waals surface area contributed by atoms with Crippen LogP contribution in [-0.4, -0.2) is 39.1 Å². The summed E-state index contributed by atoms with van der Waals surface area (Å²) >= 11 is 0. The van der Waals surface area contributed by atoms with Gasteiger partial charge < -0.3 is 14.2 Å². The Bertz CT molecular complexity index is 134. The summed E-state index contributed by atoms with van der Waals surface area (Å²) in [6.07, 6.45) is 2.56. The Morgan fingerprint density at radius 1 is 1.36 bits per heavy atom. The van der Waals surface area contributed by atoms with Gasteiger partial charge in [0.15, 0.2) is 0 Å². The molecule has 84 valence electrons. The van der Waals surface area contributed by atoms with Crippen LogP contribution in [0.5, 0.6) is 0 Å². The van der Waals surface area contributed by atoms with Crippen molar-refractivity contribution in [3.8, 4) is 0 Å². The van der Waals surface area contributed by atoms with E-state index in [1.54, 1.807) is 0 Å². The Hall–Kier alpha value is -0.120. The molecule has 0 saturated carbocycles. The third kappa shape index (κ3) is 6.35. The molecule has 0 aliphatic carbocycles. The molecular formula is C11H22O3. The Balaban J connectivity index is 1.70. The van der Waals surface area contributed by atoms with Crippen molar-refractivity contribution in [2.24, 2.45) is 5.92 Å². The Morgan fingerprint density at radius 3 is 2.71 bits per heavy atom. The van der Waals surface area contributed by atoms with E-state index >= 15 is 0 Å². The maximum Gasteiger partial charge on any atom is 0.104 e. The quantitative estimate of drug-likeness (QED) is 0.422. The van der Waals surface area contributed by atoms with Crippen LogP contribution in [0.3, 0.4) is 0 Å². The molecule has 2 atom stereocenters. The summed E-state index contributed by atoms with van der Waals surface area (Å²) in [5.41, 5.74) is 0. The summed E-state index contributed by atoms with van der Waals surface area (Å²) in [7, 11) is 0. The number of ether oxygens (including phenoxy) is 3. The highest BCUT2D eigenvalue weighted by Gasteiger charge is 2.21. The van der Waals surface area contributed by atoms with E-state index in [4.69, 9.17) is 14.2 Å². The lowest BCUT2D eigenvalue weighted by Crippen LogP contribution is -2.09. The van der Waals surface area contributed by atoms with Crippen LogP contribution >= 0.6 is 0 Å². The van der Waals surface area contributed by atoms with Gasteiger partial charge in [-0.25, -0.2) is 0 Å². The van der Waals surface area contributed by atoms with Gasteiger partial charge >= 0.3 is 0 Å². The lowest BCUT2D eigenvalue weighted by atomic mass is 10.1. The van der Waals surface area contributed by atoms with Gasteiger partial charge in [-0.3, -0.25) is 0 Å². The van der Waals surface area contributed by atoms with Crippen LogP contribution in [0, 0.1) is 5.92 Å². The molecule has 0 spiro atoms. The van der Waals surface area contributed by atoms with Crippen molar-refractivity contribution in [1.29, 1.82) is 0 Å². The molecule has 1 saturated heterocycles. The van der Waals surface area contributed by atoms with Gasteiger partial charge in [-0.2, -0.15) is 0 Å². The molecule has 3 heteroatoms. The molecule has 1 rings (SSSR count). The first-order chi connectivity index (χ1) is 6.83. The summed E-state index contributed by atoms with van der Waals surface area (Å²) in [6.45, 7) is 8.52. The number of hydrogen-bond acceptors (Lipinski definition) is 3. The largest absolute Gasteiger partial charge is 0.381 e. The zero-order valence-corrected chi connectivity index (χ0v) is 9.33. The van der Waals surface area contributed by atoms with Crippen LogP contribution in [0.2, 0.25) is 0 Å². The van der Waals surface area contributed by atoms with Gasteiger partial charge in [0, 0.05) is 19.8 Å². The predicted octanol–water partition coefficient (Wildman–Crippen LogP) is 1.85. The van der Waals surface area contributed by atoms with Gasteiger partial charge in [0.05, 0.1) is 13.2 Å². The lowest BCUT2D eigenvalue weighted by Gasteiger charge is -2.09. The first kappa shape index (κ1) is 12.0. The number of epoxide rings is 1. The molecule has 0 aromatic rings. The van der Waals surface area contributed by atoms with Gasteiger partial charge in [0.25, 0.3) is 0 Å². The highest BCUT2D eigenvalue weighted by Crippen LogP contribution is 2.08. The van der Waals surface area contributed by atoms with E-state index in [0.717, 1.165) is 39.5 Å². The fourth-order valence-electron chi connectivity index (χ4n) is 1.04. The average molecular weight is 202 g/mol. The van der Waals surface area contributed by atoms with Crippen molar-refractivity contribution in [3.63, 3.8) is 0 Å². The summed E-state index contributed by atoms with van der Waals surface area (Å²) < 4.78 is 15.9. The Labute approximate surface area is 86.7 Å². The molecule has 1 heterocycles. The smallest absolute Gasteiger partial charge is 0.104 e. The zero-order chi connectivity index (χ0) is 10.2. The highest BCUT2D eigenvalue weighted by molar-refractivity contribution is 4.66. The van der Waals surface area contributed by atoms with E-state index in [0.29, 0.717) is 12.0 Å². The van der Waals surface area contributed by atoms with E-state index in [1.165, 1.54) is 6.42 Å². The SMILES string of the molecule is CCC(C)COCCCOCC1CO1. The van der Waals surface area contributed by atoms with Crippen LogP contribution in [0.25, 0.3) is 0 Å². The molecule has 0 radical (unpaired) electrons. The van der Waals surface area contributed by atoms with E-state index in [-0.39, 0.29) is 0 Å². The molecule has 1 aliphatic heterocycles. The average Bonchev–Trinajstić information content (AvgIpc) is 2.99. The van der Waals surface area contributed by atoms with Crippen molar-refractivity contribution in [2.75, 3.05) is 33.0 Å². The topological polar surface area (TPSA) is 31.0 Å². The van der Waals surface area contributed by atoms with Gasteiger partial charge in [-0.1, -0.05) is 20.3 Å². The fourth-order valence-corrected chi connectivity index (χ4v) is 1.04. The zero-order valence-electron chi connectivity index (χ0n) is 9.33.